The van der Waals surface area contributed by atoms with Crippen LogP contribution in [-0.4, -0.2) is 42.0 Å². The second-order valence-corrected chi connectivity index (χ2v) is 8.20. The summed E-state index contributed by atoms with van der Waals surface area (Å²) in [5.74, 6) is -0.327. The van der Waals surface area contributed by atoms with Gasteiger partial charge in [-0.25, -0.2) is 4.98 Å². The van der Waals surface area contributed by atoms with Crippen LogP contribution in [0.25, 0.3) is 0 Å². The summed E-state index contributed by atoms with van der Waals surface area (Å²) in [5, 5.41) is 4.93. The molecule has 3 heterocycles. The van der Waals surface area contributed by atoms with Crippen LogP contribution >= 0.6 is 11.3 Å². The number of anilines is 1. The molecule has 3 aromatic rings. The number of carbonyl (C=O) groups excluding carboxylic acids is 2. The Morgan fingerprint density at radius 1 is 1.23 bits per heavy atom. The van der Waals surface area contributed by atoms with E-state index in [4.69, 9.17) is 4.74 Å². The van der Waals surface area contributed by atoms with Crippen molar-refractivity contribution in [1.29, 1.82) is 0 Å². The molecule has 2 amide bonds. The first-order chi connectivity index (χ1) is 14.6. The molecule has 0 radical (unpaired) electrons. The normalized spacial score (nSPS) is 18.2. The lowest BCUT2D eigenvalue weighted by Gasteiger charge is -2.41. The second kappa shape index (κ2) is 8.77. The van der Waals surface area contributed by atoms with Gasteiger partial charge in [-0.2, -0.15) is 0 Å². The van der Waals surface area contributed by atoms with Gasteiger partial charge >= 0.3 is 0 Å². The summed E-state index contributed by atoms with van der Waals surface area (Å²) in [6.45, 7) is 2.75. The lowest BCUT2D eigenvalue weighted by Crippen LogP contribution is -2.47. The van der Waals surface area contributed by atoms with Crippen LogP contribution in [0.5, 0.6) is 0 Å². The summed E-state index contributed by atoms with van der Waals surface area (Å²) in [4.78, 5) is 33.9. The molecule has 6 nitrogen and oxygen atoms in total. The topological polar surface area (TPSA) is 71.5 Å². The molecule has 0 fully saturated rings. The van der Waals surface area contributed by atoms with Crippen LogP contribution in [0, 0.1) is 6.92 Å². The number of hydrogen-bond donors (Lipinski definition) is 1. The van der Waals surface area contributed by atoms with E-state index in [-0.39, 0.29) is 11.8 Å². The number of carbonyl (C=O) groups is 2. The van der Waals surface area contributed by atoms with Crippen LogP contribution in [0.15, 0.2) is 60.1 Å². The molecular weight excluding hydrogens is 398 g/mol. The highest BCUT2D eigenvalue weighted by Gasteiger charge is 2.44. The van der Waals surface area contributed by atoms with Gasteiger partial charge in [-0.1, -0.05) is 24.3 Å². The van der Waals surface area contributed by atoms with Crippen LogP contribution in [0.4, 0.5) is 5.82 Å². The molecule has 0 bridgehead atoms. The van der Waals surface area contributed by atoms with Gasteiger partial charge in [-0.3, -0.25) is 9.59 Å². The molecule has 0 unspecified atom stereocenters. The lowest BCUT2D eigenvalue weighted by atomic mass is 9.81. The highest BCUT2D eigenvalue weighted by Crippen LogP contribution is 2.44. The highest BCUT2D eigenvalue weighted by atomic mass is 32.1. The number of hydrogen-bond acceptors (Lipinski definition) is 5. The maximum Gasteiger partial charge on any atom is 0.254 e. The zero-order valence-corrected chi connectivity index (χ0v) is 17.7. The predicted octanol–water partition coefficient (Wildman–Crippen LogP) is 4.02. The lowest BCUT2D eigenvalue weighted by molar-refractivity contribution is -0.119. The molecule has 0 spiro atoms. The largest absolute Gasteiger partial charge is 0.383 e. The third kappa shape index (κ3) is 3.86. The van der Waals surface area contributed by atoms with E-state index >= 15 is 0 Å². The Kier molecular flexibility index (Phi) is 5.92. The van der Waals surface area contributed by atoms with Crippen molar-refractivity contribution >= 4 is 29.0 Å². The molecule has 7 heteroatoms. The van der Waals surface area contributed by atoms with Crippen molar-refractivity contribution in [3.8, 4) is 0 Å². The maximum absolute atomic E-state index is 13.6. The first kappa shape index (κ1) is 20.3. The molecule has 1 N–H and O–H groups in total. The number of rotatable bonds is 6. The Bertz CT molecular complexity index is 1050. The third-order valence-electron chi connectivity index (χ3n) is 5.26. The minimum atomic E-state index is -0.559. The number of nitrogens with zero attached hydrogens (tertiary/aromatic N) is 2. The first-order valence-electron chi connectivity index (χ1n) is 9.76. The zero-order chi connectivity index (χ0) is 21.1. The van der Waals surface area contributed by atoms with Crippen molar-refractivity contribution in [3.05, 3.63) is 81.7 Å². The Morgan fingerprint density at radius 2 is 2.07 bits per heavy atom. The molecule has 2 atom stereocenters. The Labute approximate surface area is 179 Å². The van der Waals surface area contributed by atoms with Crippen molar-refractivity contribution in [2.45, 2.75) is 18.9 Å². The molecule has 0 saturated heterocycles. The van der Waals surface area contributed by atoms with Crippen molar-refractivity contribution < 1.29 is 14.3 Å². The van der Waals surface area contributed by atoms with Crippen molar-refractivity contribution in [1.82, 2.24) is 9.88 Å². The van der Waals surface area contributed by atoms with Gasteiger partial charge in [0.1, 0.15) is 5.82 Å². The predicted molar refractivity (Wildman–Crippen MR) is 117 cm³/mol. The fourth-order valence-corrected chi connectivity index (χ4v) is 4.77. The number of aryl methyl sites for hydroxylation is 1. The molecule has 2 aromatic heterocycles. The Balaban J connectivity index is 1.80. The average Bonchev–Trinajstić information content (AvgIpc) is 3.27. The monoisotopic (exact) mass is 421 g/mol. The fraction of sp³-hybridized carbons (Fsp3) is 0.261. The van der Waals surface area contributed by atoms with E-state index in [0.717, 1.165) is 16.0 Å². The summed E-state index contributed by atoms with van der Waals surface area (Å²) in [5.41, 5.74) is 2.30. The van der Waals surface area contributed by atoms with E-state index in [2.05, 4.69) is 10.3 Å². The maximum atomic E-state index is 13.6. The molecule has 0 saturated carbocycles. The molecule has 30 heavy (non-hydrogen) atoms. The van der Waals surface area contributed by atoms with Gasteiger partial charge in [-0.05, 0) is 47.7 Å². The number of methoxy groups -OCH3 is 1. The number of amides is 2. The van der Waals surface area contributed by atoms with Crippen LogP contribution < -0.4 is 5.32 Å². The standard InChI is InChI=1S/C23H23N3O3S/c1-15-9-10-24-19(14-15)25-22(27)20-16-6-3-4-7-17(16)23(28)26(11-12-29-2)21(20)18-8-5-13-30-18/h3-10,13-14,20-21H,11-12H2,1-2H3,(H,24,25,27)/t20-,21-/m0/s1. The van der Waals surface area contributed by atoms with Crippen LogP contribution in [-0.2, 0) is 9.53 Å². The van der Waals surface area contributed by atoms with E-state index in [1.165, 1.54) is 0 Å². The molecule has 154 valence electrons. The summed E-state index contributed by atoms with van der Waals surface area (Å²) in [6.07, 6.45) is 1.67. The van der Waals surface area contributed by atoms with Gasteiger partial charge < -0.3 is 15.0 Å². The quantitative estimate of drug-likeness (QED) is 0.653. The Hall–Kier alpha value is -3.03. The number of fused-ring (bicyclic) bond motifs is 1. The van der Waals surface area contributed by atoms with E-state index in [1.807, 2.05) is 54.8 Å². The number of nitrogens with one attached hydrogen (secondary N) is 1. The number of ether oxygens (including phenoxy) is 1. The highest BCUT2D eigenvalue weighted by molar-refractivity contribution is 7.10. The van der Waals surface area contributed by atoms with E-state index in [1.54, 1.807) is 35.6 Å². The summed E-state index contributed by atoms with van der Waals surface area (Å²) >= 11 is 1.54. The van der Waals surface area contributed by atoms with Crippen molar-refractivity contribution in [2.75, 3.05) is 25.6 Å². The molecular formula is C23H23N3O3S. The van der Waals surface area contributed by atoms with Gasteiger partial charge in [0, 0.05) is 30.3 Å². The minimum Gasteiger partial charge on any atom is -0.383 e. The fourth-order valence-electron chi connectivity index (χ4n) is 3.89. The summed E-state index contributed by atoms with van der Waals surface area (Å²) < 4.78 is 5.25. The SMILES string of the molecule is COCCN1C(=O)c2ccccc2[C@H](C(=O)Nc2cc(C)ccn2)[C@@H]1c1cccs1. The molecule has 1 aromatic carbocycles. The van der Waals surface area contributed by atoms with Gasteiger partial charge in [0.05, 0.1) is 18.6 Å². The summed E-state index contributed by atoms with van der Waals surface area (Å²) in [6, 6.07) is 14.6. The van der Waals surface area contributed by atoms with Crippen LogP contribution in [0.2, 0.25) is 0 Å². The first-order valence-corrected chi connectivity index (χ1v) is 10.6. The van der Waals surface area contributed by atoms with Gasteiger partial charge in [0.25, 0.3) is 5.91 Å². The number of benzene rings is 1. The van der Waals surface area contributed by atoms with E-state index in [0.29, 0.717) is 24.5 Å². The Morgan fingerprint density at radius 3 is 2.80 bits per heavy atom. The van der Waals surface area contributed by atoms with E-state index < -0.39 is 12.0 Å². The van der Waals surface area contributed by atoms with Crippen molar-refractivity contribution in [3.63, 3.8) is 0 Å². The smallest absolute Gasteiger partial charge is 0.254 e. The zero-order valence-electron chi connectivity index (χ0n) is 16.9. The van der Waals surface area contributed by atoms with Crippen LogP contribution in [0.1, 0.15) is 38.3 Å². The molecule has 1 aliphatic heterocycles. The minimum absolute atomic E-state index is 0.0845. The number of thiophene rings is 1. The van der Waals surface area contributed by atoms with Gasteiger partial charge in [0.2, 0.25) is 5.91 Å². The number of pyridine rings is 1. The van der Waals surface area contributed by atoms with Crippen LogP contribution in [0.3, 0.4) is 0 Å². The average molecular weight is 422 g/mol. The van der Waals surface area contributed by atoms with E-state index in [9.17, 15) is 9.59 Å². The van der Waals surface area contributed by atoms with Crippen molar-refractivity contribution in [2.24, 2.45) is 0 Å². The van der Waals surface area contributed by atoms with Gasteiger partial charge in [-0.15, -0.1) is 11.3 Å². The molecule has 4 rings (SSSR count). The third-order valence-corrected chi connectivity index (χ3v) is 6.20. The molecule has 0 aliphatic carbocycles. The van der Waals surface area contributed by atoms with Gasteiger partial charge in [0.15, 0.2) is 0 Å². The molecule has 1 aliphatic rings. The summed E-state index contributed by atoms with van der Waals surface area (Å²) in [7, 11) is 1.61. The second-order valence-electron chi connectivity index (χ2n) is 7.22. The number of aromatic nitrogens is 1.